The van der Waals surface area contributed by atoms with E-state index in [0.717, 1.165) is 11.3 Å². The minimum Gasteiger partial charge on any atom is -0.396 e. The number of amides is 1. The molecule has 0 bridgehead atoms. The molecule has 0 aliphatic heterocycles. The Kier molecular flexibility index (Phi) is 3.26. The van der Waals surface area contributed by atoms with Crippen LogP contribution in [0.5, 0.6) is 0 Å². The zero-order chi connectivity index (χ0) is 15.0. The number of nitrogens with one attached hydrogen (secondary N) is 1. The van der Waals surface area contributed by atoms with Crippen molar-refractivity contribution >= 4 is 39.0 Å². The lowest BCUT2D eigenvalue weighted by Crippen LogP contribution is -2.12. The molecule has 7 heteroatoms. The van der Waals surface area contributed by atoms with Gasteiger partial charge in [-0.3, -0.25) is 4.79 Å². The van der Waals surface area contributed by atoms with Gasteiger partial charge in [-0.1, -0.05) is 6.07 Å². The normalized spacial score (nSPS) is 10.8. The summed E-state index contributed by atoms with van der Waals surface area (Å²) in [6.07, 6.45) is 3.05. The summed E-state index contributed by atoms with van der Waals surface area (Å²) < 4.78 is 13.5. The van der Waals surface area contributed by atoms with E-state index in [1.807, 2.05) is 0 Å². The SMILES string of the molecule is Cc1ccc(NC(=O)c2sc3nccnc3c2N)cc1F. The minimum atomic E-state index is -0.402. The number of nitrogen functional groups attached to an aromatic ring is 1. The number of aromatic nitrogens is 2. The molecule has 0 spiro atoms. The van der Waals surface area contributed by atoms with Gasteiger partial charge in [-0.25, -0.2) is 14.4 Å². The Balaban J connectivity index is 1.93. The summed E-state index contributed by atoms with van der Waals surface area (Å²) in [5.74, 6) is -0.777. The van der Waals surface area contributed by atoms with E-state index in [1.165, 1.54) is 18.5 Å². The summed E-state index contributed by atoms with van der Waals surface area (Å²) in [4.78, 5) is 21.4. The Labute approximate surface area is 123 Å². The molecule has 3 aromatic rings. The van der Waals surface area contributed by atoms with Crippen LogP contribution in [0.4, 0.5) is 15.8 Å². The fourth-order valence-corrected chi connectivity index (χ4v) is 2.79. The van der Waals surface area contributed by atoms with Crippen molar-refractivity contribution in [3.05, 3.63) is 46.9 Å². The van der Waals surface area contributed by atoms with Gasteiger partial charge < -0.3 is 11.1 Å². The molecule has 0 aliphatic rings. The van der Waals surface area contributed by atoms with E-state index < -0.39 is 5.91 Å². The van der Waals surface area contributed by atoms with Gasteiger partial charge in [0.05, 0.1) is 5.69 Å². The molecule has 1 aromatic carbocycles. The predicted octanol–water partition coefficient (Wildman–Crippen LogP) is 2.97. The van der Waals surface area contributed by atoms with Gasteiger partial charge in [0.25, 0.3) is 5.91 Å². The molecule has 0 aliphatic carbocycles. The van der Waals surface area contributed by atoms with Crippen molar-refractivity contribution in [3.63, 3.8) is 0 Å². The molecule has 0 saturated heterocycles. The topological polar surface area (TPSA) is 80.9 Å². The maximum Gasteiger partial charge on any atom is 0.268 e. The highest BCUT2D eigenvalue weighted by Gasteiger charge is 2.18. The molecule has 5 nitrogen and oxygen atoms in total. The third-order valence-electron chi connectivity index (χ3n) is 3.00. The third-order valence-corrected chi connectivity index (χ3v) is 4.10. The summed E-state index contributed by atoms with van der Waals surface area (Å²) in [6, 6.07) is 4.51. The smallest absolute Gasteiger partial charge is 0.268 e. The van der Waals surface area contributed by atoms with Gasteiger partial charge in [-0.2, -0.15) is 0 Å². The molecule has 106 valence electrons. The summed E-state index contributed by atoms with van der Waals surface area (Å²) in [5.41, 5.74) is 7.60. The molecule has 3 rings (SSSR count). The molecule has 0 atom stereocenters. The van der Waals surface area contributed by atoms with Crippen LogP contribution >= 0.6 is 11.3 Å². The molecule has 0 unspecified atom stereocenters. The number of halogens is 1. The quantitative estimate of drug-likeness (QED) is 0.762. The first-order chi connectivity index (χ1) is 10.1. The number of hydrogen-bond acceptors (Lipinski definition) is 5. The summed E-state index contributed by atoms with van der Waals surface area (Å²) in [7, 11) is 0. The van der Waals surface area contributed by atoms with Crippen molar-refractivity contribution in [1.82, 2.24) is 9.97 Å². The number of benzene rings is 1. The summed E-state index contributed by atoms with van der Waals surface area (Å²) in [5, 5.41) is 2.62. The highest BCUT2D eigenvalue weighted by molar-refractivity contribution is 7.21. The zero-order valence-corrected chi connectivity index (χ0v) is 11.9. The molecular formula is C14H11FN4OS. The van der Waals surface area contributed by atoms with Gasteiger partial charge in [0.1, 0.15) is 21.0 Å². The fraction of sp³-hybridized carbons (Fsp3) is 0.0714. The Morgan fingerprint density at radius 3 is 2.81 bits per heavy atom. The van der Waals surface area contributed by atoms with Crippen molar-refractivity contribution in [3.8, 4) is 0 Å². The lowest BCUT2D eigenvalue weighted by atomic mass is 10.2. The predicted molar refractivity (Wildman–Crippen MR) is 80.9 cm³/mol. The van der Waals surface area contributed by atoms with E-state index in [2.05, 4.69) is 15.3 Å². The number of anilines is 2. The van der Waals surface area contributed by atoms with E-state index >= 15 is 0 Å². The van der Waals surface area contributed by atoms with E-state index in [4.69, 9.17) is 5.73 Å². The maximum atomic E-state index is 13.5. The number of fused-ring (bicyclic) bond motifs is 1. The van der Waals surface area contributed by atoms with Crippen molar-refractivity contribution in [2.24, 2.45) is 0 Å². The number of hydrogen-bond donors (Lipinski definition) is 2. The van der Waals surface area contributed by atoms with Gasteiger partial charge in [0.15, 0.2) is 0 Å². The summed E-state index contributed by atoms with van der Waals surface area (Å²) in [6.45, 7) is 1.66. The second kappa shape index (κ2) is 5.10. The molecule has 21 heavy (non-hydrogen) atoms. The molecule has 0 radical (unpaired) electrons. The van der Waals surface area contributed by atoms with Crippen LogP contribution in [0.2, 0.25) is 0 Å². The van der Waals surface area contributed by atoms with Gasteiger partial charge in [-0.05, 0) is 24.6 Å². The molecule has 1 amide bonds. The molecular weight excluding hydrogens is 291 g/mol. The second-order valence-corrected chi connectivity index (χ2v) is 5.47. The number of thiophene rings is 1. The first-order valence-corrected chi connectivity index (χ1v) is 6.94. The van der Waals surface area contributed by atoms with Crippen LogP contribution in [-0.4, -0.2) is 15.9 Å². The lowest BCUT2D eigenvalue weighted by molar-refractivity contribution is 0.103. The second-order valence-electron chi connectivity index (χ2n) is 4.47. The number of carbonyl (C=O) groups excluding carboxylic acids is 1. The van der Waals surface area contributed by atoms with Crippen LogP contribution in [-0.2, 0) is 0 Å². The summed E-state index contributed by atoms with van der Waals surface area (Å²) >= 11 is 1.15. The number of rotatable bonds is 2. The number of nitrogens with zero attached hydrogens (tertiary/aromatic N) is 2. The standard InChI is InChI=1S/C14H11FN4OS/c1-7-2-3-8(6-9(7)15)19-13(20)12-10(16)11-14(21-12)18-5-4-17-11/h2-6H,16H2,1H3,(H,19,20). The van der Waals surface area contributed by atoms with Gasteiger partial charge in [0, 0.05) is 18.1 Å². The Bertz CT molecular complexity index is 846. The largest absolute Gasteiger partial charge is 0.396 e. The fourth-order valence-electron chi connectivity index (χ4n) is 1.87. The molecule has 0 fully saturated rings. The minimum absolute atomic E-state index is 0.285. The van der Waals surface area contributed by atoms with Crippen molar-refractivity contribution in [1.29, 1.82) is 0 Å². The van der Waals surface area contributed by atoms with E-state index in [-0.39, 0.29) is 11.5 Å². The van der Waals surface area contributed by atoms with Crippen LogP contribution < -0.4 is 11.1 Å². The monoisotopic (exact) mass is 302 g/mol. The highest BCUT2D eigenvalue weighted by atomic mass is 32.1. The van der Waals surface area contributed by atoms with E-state index in [0.29, 0.717) is 26.5 Å². The number of carbonyl (C=O) groups is 1. The van der Waals surface area contributed by atoms with E-state index in [1.54, 1.807) is 19.1 Å². The lowest BCUT2D eigenvalue weighted by Gasteiger charge is -2.05. The van der Waals surface area contributed by atoms with Gasteiger partial charge in [0.2, 0.25) is 0 Å². The van der Waals surface area contributed by atoms with Crippen molar-refractivity contribution in [2.75, 3.05) is 11.1 Å². The van der Waals surface area contributed by atoms with Crippen molar-refractivity contribution in [2.45, 2.75) is 6.92 Å². The first-order valence-electron chi connectivity index (χ1n) is 6.13. The van der Waals surface area contributed by atoms with Crippen LogP contribution in [0.15, 0.2) is 30.6 Å². The average molecular weight is 302 g/mol. The highest BCUT2D eigenvalue weighted by Crippen LogP contribution is 2.31. The molecule has 0 saturated carbocycles. The zero-order valence-electron chi connectivity index (χ0n) is 11.1. The Morgan fingerprint density at radius 2 is 2.10 bits per heavy atom. The van der Waals surface area contributed by atoms with E-state index in [9.17, 15) is 9.18 Å². The Morgan fingerprint density at radius 1 is 1.33 bits per heavy atom. The van der Waals surface area contributed by atoms with Gasteiger partial charge >= 0.3 is 0 Å². The number of nitrogens with two attached hydrogens (primary N) is 1. The van der Waals surface area contributed by atoms with Crippen LogP contribution in [0.1, 0.15) is 15.2 Å². The van der Waals surface area contributed by atoms with Crippen LogP contribution in [0.3, 0.4) is 0 Å². The van der Waals surface area contributed by atoms with Crippen LogP contribution in [0.25, 0.3) is 10.3 Å². The Hall–Kier alpha value is -2.54. The van der Waals surface area contributed by atoms with Crippen LogP contribution in [0, 0.1) is 12.7 Å². The number of aryl methyl sites for hydroxylation is 1. The molecule has 2 aromatic heterocycles. The van der Waals surface area contributed by atoms with Crippen molar-refractivity contribution < 1.29 is 9.18 Å². The molecule has 3 N–H and O–H groups in total. The first kappa shape index (κ1) is 13.4. The third kappa shape index (κ3) is 2.43. The maximum absolute atomic E-state index is 13.5. The molecule has 2 heterocycles. The van der Waals surface area contributed by atoms with Gasteiger partial charge in [-0.15, -0.1) is 11.3 Å². The average Bonchev–Trinajstić information content (AvgIpc) is 2.81.